The Balaban J connectivity index is 1.70. The third-order valence-electron chi connectivity index (χ3n) is 8.97. The first kappa shape index (κ1) is 19.1. The number of hydrogen-bond donors (Lipinski definition) is 2. The lowest BCUT2D eigenvalue weighted by atomic mass is 9.46. The van der Waals surface area contributed by atoms with Crippen LogP contribution in [0, 0.1) is 40.4 Å². The molecule has 3 saturated carbocycles. The van der Waals surface area contributed by atoms with Gasteiger partial charge in [-0.05, 0) is 78.3 Å². The maximum absolute atomic E-state index is 15.2. The zero-order chi connectivity index (χ0) is 19.7. The molecule has 0 heterocycles. The van der Waals surface area contributed by atoms with Crippen LogP contribution in [0.2, 0.25) is 0 Å². The van der Waals surface area contributed by atoms with E-state index in [1.807, 2.05) is 6.92 Å². The van der Waals surface area contributed by atoms with E-state index in [0.717, 1.165) is 25.7 Å². The highest BCUT2D eigenvalue weighted by Gasteiger charge is 2.63. The Morgan fingerprint density at radius 3 is 2.63 bits per heavy atom. The molecule has 0 amide bonds. The van der Waals surface area contributed by atoms with Crippen LogP contribution in [-0.2, 0) is 9.59 Å². The number of carboxylic acid groups (broad SMARTS) is 1. The number of aliphatic carboxylic acids is 1. The van der Waals surface area contributed by atoms with Crippen LogP contribution in [0.1, 0.15) is 59.3 Å². The minimum absolute atomic E-state index is 0.0448. The number of halogens is 1. The Morgan fingerprint density at radius 1 is 1.26 bits per heavy atom. The van der Waals surface area contributed by atoms with E-state index in [1.165, 1.54) is 0 Å². The van der Waals surface area contributed by atoms with Gasteiger partial charge >= 0.3 is 5.97 Å². The van der Waals surface area contributed by atoms with Crippen molar-refractivity contribution in [1.29, 1.82) is 0 Å². The average molecular weight is 378 g/mol. The highest BCUT2D eigenvalue weighted by Crippen LogP contribution is 2.68. The Kier molecular flexibility index (Phi) is 4.34. The van der Waals surface area contributed by atoms with Crippen molar-refractivity contribution in [2.75, 3.05) is 0 Å². The summed E-state index contributed by atoms with van der Waals surface area (Å²) in [5, 5.41) is 19.8. The van der Waals surface area contributed by atoms with Gasteiger partial charge in [-0.25, -0.2) is 9.18 Å². The van der Waals surface area contributed by atoms with Gasteiger partial charge in [-0.15, -0.1) is 0 Å². The molecule has 0 radical (unpaired) electrons. The molecule has 0 spiro atoms. The van der Waals surface area contributed by atoms with E-state index >= 15 is 4.39 Å². The molecular weight excluding hydrogens is 347 g/mol. The predicted octanol–water partition coefficient (Wildman–Crippen LogP) is 3.77. The molecular formula is C22H31FO4. The van der Waals surface area contributed by atoms with Gasteiger partial charge in [0.25, 0.3) is 0 Å². The molecule has 2 N–H and O–H groups in total. The van der Waals surface area contributed by atoms with E-state index < -0.39 is 18.2 Å². The molecule has 4 aliphatic rings. The second-order valence-corrected chi connectivity index (χ2v) is 10.1. The van der Waals surface area contributed by atoms with Gasteiger partial charge in [0.2, 0.25) is 0 Å². The van der Waals surface area contributed by atoms with Crippen molar-refractivity contribution in [2.24, 2.45) is 40.4 Å². The van der Waals surface area contributed by atoms with Crippen molar-refractivity contribution in [3.8, 4) is 0 Å². The molecule has 3 fully saturated rings. The maximum Gasteiger partial charge on any atom is 0.332 e. The van der Waals surface area contributed by atoms with Gasteiger partial charge < -0.3 is 10.2 Å². The van der Waals surface area contributed by atoms with Crippen LogP contribution < -0.4 is 0 Å². The van der Waals surface area contributed by atoms with Gasteiger partial charge in [-0.1, -0.05) is 20.8 Å². The molecule has 0 aromatic rings. The SMILES string of the molecule is C[C@@H]1C[C@H]2[C@@H]3C[C@H](F)C4=CC(=O)CC[C@]4(C)[C@H]3CC[C@]2(C)[C@H]1C(O)C(=O)O. The Bertz CT molecular complexity index is 702. The molecule has 1 unspecified atom stereocenters. The Morgan fingerprint density at radius 2 is 1.96 bits per heavy atom. The zero-order valence-corrected chi connectivity index (χ0v) is 16.5. The van der Waals surface area contributed by atoms with E-state index in [1.54, 1.807) is 6.08 Å². The van der Waals surface area contributed by atoms with E-state index in [-0.39, 0.29) is 40.3 Å². The minimum atomic E-state index is -1.35. The largest absolute Gasteiger partial charge is 0.479 e. The van der Waals surface area contributed by atoms with Crippen LogP contribution in [0.5, 0.6) is 0 Å². The van der Waals surface area contributed by atoms with Crippen molar-refractivity contribution < 1.29 is 24.2 Å². The normalized spacial score (nSPS) is 50.3. The summed E-state index contributed by atoms with van der Waals surface area (Å²) in [5.41, 5.74) is 0.182. The third-order valence-corrected chi connectivity index (χ3v) is 8.97. The minimum Gasteiger partial charge on any atom is -0.479 e. The number of carboxylic acids is 1. The molecule has 0 bridgehead atoms. The number of carbonyl (C=O) groups excluding carboxylic acids is 1. The molecule has 4 aliphatic carbocycles. The van der Waals surface area contributed by atoms with Crippen LogP contribution in [0.4, 0.5) is 4.39 Å². The van der Waals surface area contributed by atoms with Gasteiger partial charge in [0.15, 0.2) is 11.9 Å². The number of aliphatic hydroxyl groups is 1. The fraction of sp³-hybridized carbons (Fsp3) is 0.818. The van der Waals surface area contributed by atoms with Gasteiger partial charge in [-0.2, -0.15) is 0 Å². The summed E-state index contributed by atoms with van der Waals surface area (Å²) >= 11 is 0. The summed E-state index contributed by atoms with van der Waals surface area (Å²) in [7, 11) is 0. The lowest BCUT2D eigenvalue weighted by Gasteiger charge is -2.58. The molecule has 0 aliphatic heterocycles. The highest BCUT2D eigenvalue weighted by atomic mass is 19.1. The Hall–Kier alpha value is -1.23. The molecule has 0 saturated heterocycles. The van der Waals surface area contributed by atoms with E-state index in [2.05, 4.69) is 13.8 Å². The van der Waals surface area contributed by atoms with E-state index in [0.29, 0.717) is 24.3 Å². The standard InChI is InChI=1S/C22H31FO4/c1-11-8-15-13-10-17(23)16-9-12(24)4-6-21(16,2)14(13)5-7-22(15,3)18(11)19(25)20(26)27/h9,11,13-15,17-19,25H,4-8,10H2,1-3H3,(H,26,27)/t11-,13-,14+,15+,17+,18-,19?,21-,22+/m1/s1. The lowest BCUT2D eigenvalue weighted by molar-refractivity contribution is -0.156. The number of aliphatic hydroxyl groups excluding tert-OH is 1. The van der Waals surface area contributed by atoms with Crippen molar-refractivity contribution in [3.05, 3.63) is 11.6 Å². The fourth-order valence-electron chi connectivity index (χ4n) is 7.79. The van der Waals surface area contributed by atoms with Crippen molar-refractivity contribution in [3.63, 3.8) is 0 Å². The summed E-state index contributed by atoms with van der Waals surface area (Å²) in [6.07, 6.45) is 3.43. The number of carbonyl (C=O) groups is 2. The molecule has 0 aromatic carbocycles. The summed E-state index contributed by atoms with van der Waals surface area (Å²) < 4.78 is 15.2. The number of alkyl halides is 1. The first-order valence-electron chi connectivity index (χ1n) is 10.4. The summed E-state index contributed by atoms with van der Waals surface area (Å²) in [5.74, 6) is -0.497. The lowest BCUT2D eigenvalue weighted by Crippen LogP contribution is -2.54. The molecule has 150 valence electrons. The van der Waals surface area contributed by atoms with Crippen molar-refractivity contribution in [1.82, 2.24) is 0 Å². The summed E-state index contributed by atoms with van der Waals surface area (Å²) in [6.45, 7) is 6.30. The van der Waals surface area contributed by atoms with Crippen LogP contribution >= 0.6 is 0 Å². The second kappa shape index (κ2) is 6.13. The number of ketones is 1. The molecule has 0 aromatic heterocycles. The first-order valence-corrected chi connectivity index (χ1v) is 10.4. The Labute approximate surface area is 160 Å². The van der Waals surface area contributed by atoms with Gasteiger partial charge in [0.05, 0.1) is 0 Å². The van der Waals surface area contributed by atoms with Crippen molar-refractivity contribution in [2.45, 2.75) is 71.6 Å². The van der Waals surface area contributed by atoms with Gasteiger partial charge in [-0.3, -0.25) is 4.79 Å². The molecule has 9 atom stereocenters. The maximum atomic E-state index is 15.2. The number of hydrogen-bond acceptors (Lipinski definition) is 3. The predicted molar refractivity (Wildman–Crippen MR) is 98.7 cm³/mol. The van der Waals surface area contributed by atoms with Crippen LogP contribution in [-0.4, -0.2) is 34.2 Å². The number of fused-ring (bicyclic) bond motifs is 5. The molecule has 4 rings (SSSR count). The number of rotatable bonds is 2. The summed E-state index contributed by atoms with van der Waals surface area (Å²) in [6, 6.07) is 0. The van der Waals surface area contributed by atoms with E-state index in [9.17, 15) is 19.8 Å². The van der Waals surface area contributed by atoms with Gasteiger partial charge in [0, 0.05) is 12.3 Å². The topological polar surface area (TPSA) is 74.6 Å². The highest BCUT2D eigenvalue weighted by molar-refractivity contribution is 5.91. The first-order chi connectivity index (χ1) is 12.6. The molecule has 4 nitrogen and oxygen atoms in total. The molecule has 27 heavy (non-hydrogen) atoms. The van der Waals surface area contributed by atoms with E-state index in [4.69, 9.17) is 0 Å². The quantitative estimate of drug-likeness (QED) is 0.767. The van der Waals surface area contributed by atoms with Crippen LogP contribution in [0.15, 0.2) is 11.6 Å². The van der Waals surface area contributed by atoms with Gasteiger partial charge in [0.1, 0.15) is 6.17 Å². The molecule has 5 heteroatoms. The number of allylic oxidation sites excluding steroid dienone is 1. The average Bonchev–Trinajstić information content (AvgIpc) is 2.86. The smallest absolute Gasteiger partial charge is 0.332 e. The third kappa shape index (κ3) is 2.56. The van der Waals surface area contributed by atoms with Crippen molar-refractivity contribution >= 4 is 11.8 Å². The van der Waals surface area contributed by atoms with Crippen LogP contribution in [0.25, 0.3) is 0 Å². The monoisotopic (exact) mass is 378 g/mol. The zero-order valence-electron chi connectivity index (χ0n) is 16.5. The fourth-order valence-corrected chi connectivity index (χ4v) is 7.79. The second-order valence-electron chi connectivity index (χ2n) is 10.1. The summed E-state index contributed by atoms with van der Waals surface area (Å²) in [4.78, 5) is 23.4. The van der Waals surface area contributed by atoms with Crippen LogP contribution in [0.3, 0.4) is 0 Å².